The average molecular weight is 349 g/mol. The largest absolute Gasteiger partial charge is 0.491 e. The lowest BCUT2D eigenvalue weighted by Crippen LogP contribution is -2.51. The standard InChI is InChI=1S/C16H23N5O2S/c1-12-10-14-15(17-11-12)13(2-9-23-14)18-19-16(24)21-5-3-20(4-6-21)7-8-22/h10-11,22H,2-9H2,1H3,(H,19,24)/b18-13-. The second kappa shape index (κ2) is 7.87. The van der Waals surface area contributed by atoms with E-state index >= 15 is 0 Å². The highest BCUT2D eigenvalue weighted by Crippen LogP contribution is 2.23. The Balaban J connectivity index is 1.60. The summed E-state index contributed by atoms with van der Waals surface area (Å²) in [5.74, 6) is 0.783. The van der Waals surface area contributed by atoms with Crippen LogP contribution in [-0.2, 0) is 0 Å². The second-order valence-corrected chi connectivity index (χ2v) is 6.37. The number of ether oxygens (including phenoxy) is 1. The number of thiocarbonyl (C=S) groups is 1. The van der Waals surface area contributed by atoms with Crippen molar-refractivity contribution in [1.82, 2.24) is 20.2 Å². The van der Waals surface area contributed by atoms with Gasteiger partial charge in [0.2, 0.25) is 0 Å². The molecule has 7 nitrogen and oxygen atoms in total. The highest BCUT2D eigenvalue weighted by atomic mass is 32.1. The van der Waals surface area contributed by atoms with Crippen LogP contribution in [0.25, 0.3) is 0 Å². The molecular weight excluding hydrogens is 326 g/mol. The number of piperazine rings is 1. The van der Waals surface area contributed by atoms with Gasteiger partial charge in [-0.25, -0.2) is 0 Å². The van der Waals surface area contributed by atoms with Crippen LogP contribution in [0.3, 0.4) is 0 Å². The predicted octanol–water partition coefficient (Wildman–Crippen LogP) is 0.361. The number of nitrogens with zero attached hydrogens (tertiary/aromatic N) is 4. The van der Waals surface area contributed by atoms with Crippen molar-refractivity contribution < 1.29 is 9.84 Å². The Bertz CT molecular complexity index is 629. The van der Waals surface area contributed by atoms with Crippen molar-refractivity contribution in [3.63, 3.8) is 0 Å². The summed E-state index contributed by atoms with van der Waals surface area (Å²) in [7, 11) is 0. The van der Waals surface area contributed by atoms with Crippen molar-refractivity contribution in [1.29, 1.82) is 0 Å². The van der Waals surface area contributed by atoms with E-state index in [1.54, 1.807) is 0 Å². The molecule has 0 amide bonds. The molecule has 24 heavy (non-hydrogen) atoms. The number of rotatable bonds is 3. The van der Waals surface area contributed by atoms with Crippen LogP contribution in [0, 0.1) is 6.92 Å². The van der Waals surface area contributed by atoms with E-state index in [0.717, 1.165) is 55.4 Å². The van der Waals surface area contributed by atoms with Crippen molar-refractivity contribution >= 4 is 23.0 Å². The van der Waals surface area contributed by atoms with Crippen LogP contribution in [0.15, 0.2) is 17.4 Å². The molecule has 0 atom stereocenters. The Hall–Kier alpha value is -1.77. The van der Waals surface area contributed by atoms with Crippen molar-refractivity contribution in [2.24, 2.45) is 5.10 Å². The number of β-amino-alcohol motifs (C(OH)–C–C–N with tert-alkyl or cyclic N) is 1. The Labute approximate surface area is 147 Å². The van der Waals surface area contributed by atoms with Gasteiger partial charge in [0.15, 0.2) is 5.11 Å². The molecule has 1 fully saturated rings. The zero-order valence-electron chi connectivity index (χ0n) is 13.9. The van der Waals surface area contributed by atoms with E-state index in [1.165, 1.54) is 0 Å². The van der Waals surface area contributed by atoms with Gasteiger partial charge in [0.05, 0.1) is 18.9 Å². The molecule has 1 aromatic rings. The van der Waals surface area contributed by atoms with Gasteiger partial charge in [-0.1, -0.05) is 0 Å². The van der Waals surface area contributed by atoms with Gasteiger partial charge in [-0.3, -0.25) is 15.3 Å². The molecule has 3 rings (SSSR count). The molecule has 0 bridgehead atoms. The number of hydrogen-bond acceptors (Lipinski definition) is 6. The maximum absolute atomic E-state index is 8.99. The molecule has 1 aromatic heterocycles. The molecule has 0 spiro atoms. The Kier molecular flexibility index (Phi) is 5.60. The van der Waals surface area contributed by atoms with E-state index in [-0.39, 0.29) is 6.61 Å². The number of aromatic nitrogens is 1. The third-order valence-electron chi connectivity index (χ3n) is 4.22. The van der Waals surface area contributed by atoms with Crippen LogP contribution in [0.5, 0.6) is 5.75 Å². The lowest BCUT2D eigenvalue weighted by atomic mass is 10.1. The first-order valence-corrected chi connectivity index (χ1v) is 8.62. The molecule has 130 valence electrons. The zero-order valence-corrected chi connectivity index (χ0v) is 14.7. The van der Waals surface area contributed by atoms with Crippen molar-refractivity contribution in [3.8, 4) is 5.75 Å². The summed E-state index contributed by atoms with van der Waals surface area (Å²) in [6, 6.07) is 1.98. The fourth-order valence-corrected chi connectivity index (χ4v) is 3.08. The van der Waals surface area contributed by atoms with Gasteiger partial charge in [0.1, 0.15) is 11.4 Å². The third kappa shape index (κ3) is 4.00. The van der Waals surface area contributed by atoms with E-state index < -0.39 is 0 Å². The molecule has 8 heteroatoms. The summed E-state index contributed by atoms with van der Waals surface area (Å²) in [4.78, 5) is 8.77. The lowest BCUT2D eigenvalue weighted by Gasteiger charge is -2.35. The molecule has 2 aliphatic heterocycles. The molecule has 2 aliphatic rings. The van der Waals surface area contributed by atoms with Gasteiger partial charge in [0.25, 0.3) is 0 Å². The van der Waals surface area contributed by atoms with Crippen molar-refractivity contribution in [2.75, 3.05) is 45.9 Å². The normalized spacial score (nSPS) is 19.8. The van der Waals surface area contributed by atoms with E-state index in [1.807, 2.05) is 19.2 Å². The van der Waals surface area contributed by atoms with E-state index in [9.17, 15) is 0 Å². The Morgan fingerprint density at radius 3 is 2.96 bits per heavy atom. The van der Waals surface area contributed by atoms with Crippen molar-refractivity contribution in [3.05, 3.63) is 23.5 Å². The number of nitrogens with one attached hydrogen (secondary N) is 1. The number of hydrogen-bond donors (Lipinski definition) is 2. The monoisotopic (exact) mass is 349 g/mol. The fraction of sp³-hybridized carbons (Fsp3) is 0.562. The number of pyridine rings is 1. The van der Waals surface area contributed by atoms with Gasteiger partial charge in [-0.2, -0.15) is 5.10 Å². The Morgan fingerprint density at radius 2 is 2.21 bits per heavy atom. The molecule has 0 saturated carbocycles. The molecule has 1 saturated heterocycles. The number of aliphatic hydroxyl groups is 1. The molecule has 0 unspecified atom stereocenters. The molecular formula is C16H23N5O2S. The number of aliphatic hydroxyl groups excluding tert-OH is 1. The molecule has 0 radical (unpaired) electrons. The van der Waals surface area contributed by atoms with E-state index in [2.05, 4.69) is 25.3 Å². The average Bonchev–Trinajstić information content (AvgIpc) is 2.60. The maximum atomic E-state index is 8.99. The summed E-state index contributed by atoms with van der Waals surface area (Å²) >= 11 is 5.45. The SMILES string of the molecule is Cc1cnc2c(c1)OCC/C2=N/NC(=S)N1CCN(CCO)CC1. The van der Waals surface area contributed by atoms with Gasteiger partial charge >= 0.3 is 0 Å². The third-order valence-corrected chi connectivity index (χ3v) is 4.57. The van der Waals surface area contributed by atoms with Crippen LogP contribution in [0.4, 0.5) is 0 Å². The topological polar surface area (TPSA) is 73.2 Å². The smallest absolute Gasteiger partial charge is 0.189 e. The predicted molar refractivity (Wildman–Crippen MR) is 96.5 cm³/mol. The zero-order chi connectivity index (χ0) is 16.9. The van der Waals surface area contributed by atoms with Crippen LogP contribution in [-0.4, -0.2) is 76.7 Å². The van der Waals surface area contributed by atoms with E-state index in [0.29, 0.717) is 18.1 Å². The molecule has 0 aliphatic carbocycles. The minimum atomic E-state index is 0.199. The highest BCUT2D eigenvalue weighted by Gasteiger charge is 2.21. The highest BCUT2D eigenvalue weighted by molar-refractivity contribution is 7.80. The molecule has 3 heterocycles. The quantitative estimate of drug-likeness (QED) is 0.603. The summed E-state index contributed by atoms with van der Waals surface area (Å²) < 4.78 is 5.65. The number of aryl methyl sites for hydroxylation is 1. The summed E-state index contributed by atoms with van der Waals surface area (Å²) in [5, 5.41) is 14.1. The maximum Gasteiger partial charge on any atom is 0.189 e. The summed E-state index contributed by atoms with van der Waals surface area (Å²) in [6.07, 6.45) is 2.53. The van der Waals surface area contributed by atoms with Crippen LogP contribution >= 0.6 is 12.2 Å². The van der Waals surface area contributed by atoms with Gasteiger partial charge in [-0.05, 0) is 30.8 Å². The van der Waals surface area contributed by atoms with Gasteiger partial charge in [-0.15, -0.1) is 0 Å². The first kappa shape index (κ1) is 17.1. The first-order valence-electron chi connectivity index (χ1n) is 8.22. The molecule has 0 aromatic carbocycles. The number of hydrazone groups is 1. The van der Waals surface area contributed by atoms with E-state index in [4.69, 9.17) is 22.1 Å². The van der Waals surface area contributed by atoms with Crippen molar-refractivity contribution in [2.45, 2.75) is 13.3 Å². The van der Waals surface area contributed by atoms with Gasteiger partial charge < -0.3 is 14.7 Å². The van der Waals surface area contributed by atoms with Crippen LogP contribution in [0.1, 0.15) is 17.7 Å². The summed E-state index contributed by atoms with van der Waals surface area (Å²) in [5.41, 5.74) is 5.73. The van der Waals surface area contributed by atoms with Crippen LogP contribution < -0.4 is 10.2 Å². The fourth-order valence-electron chi connectivity index (χ4n) is 2.86. The first-order chi connectivity index (χ1) is 11.7. The number of fused-ring (bicyclic) bond motifs is 1. The second-order valence-electron chi connectivity index (χ2n) is 5.99. The van der Waals surface area contributed by atoms with Gasteiger partial charge in [0, 0.05) is 45.3 Å². The van der Waals surface area contributed by atoms with Crippen LogP contribution in [0.2, 0.25) is 0 Å². The lowest BCUT2D eigenvalue weighted by molar-refractivity contribution is 0.146. The minimum Gasteiger partial charge on any atom is -0.491 e. The minimum absolute atomic E-state index is 0.199. The summed E-state index contributed by atoms with van der Waals surface area (Å²) in [6.45, 7) is 6.99. The Morgan fingerprint density at radius 1 is 1.42 bits per heavy atom. The molecule has 2 N–H and O–H groups in total.